The summed E-state index contributed by atoms with van der Waals surface area (Å²) in [7, 11) is 1.16. The summed E-state index contributed by atoms with van der Waals surface area (Å²) in [6.45, 7) is 14.5. The van der Waals surface area contributed by atoms with Crippen LogP contribution < -0.4 is 0 Å². The number of fused-ring (bicyclic) bond motifs is 4. The lowest BCUT2D eigenvalue weighted by Crippen LogP contribution is -2.65. The van der Waals surface area contributed by atoms with Crippen molar-refractivity contribution in [3.63, 3.8) is 0 Å². The van der Waals surface area contributed by atoms with Crippen LogP contribution in [0.2, 0.25) is 0 Å². The normalized spacial score (nSPS) is 41.0. The molecule has 1 amide bonds. The first-order chi connectivity index (χ1) is 33.6. The van der Waals surface area contributed by atoms with Crippen molar-refractivity contribution in [3.8, 4) is 0 Å². The molecule has 71 heavy (non-hydrogen) atoms. The van der Waals surface area contributed by atoms with Crippen molar-refractivity contribution in [3.05, 3.63) is 47.6 Å². The van der Waals surface area contributed by atoms with E-state index in [4.69, 9.17) is 32.7 Å². The topological polar surface area (TPSA) is 211 Å². The number of rotatable bonds is 10. The molecule has 0 aromatic rings. The van der Waals surface area contributed by atoms with Crippen molar-refractivity contribution in [2.24, 2.45) is 41.4 Å². The highest BCUT2D eigenvalue weighted by Gasteiger charge is 2.57. The van der Waals surface area contributed by atoms with Crippen LogP contribution in [-0.4, -0.2) is 140 Å². The lowest BCUT2D eigenvalue weighted by Gasteiger charge is -2.50. The Labute approximate surface area is 422 Å². The van der Waals surface area contributed by atoms with Crippen LogP contribution in [0.4, 0.5) is 0 Å². The Morgan fingerprint density at radius 1 is 0.873 bits per heavy atom. The number of amides is 1. The number of piperidine rings is 1. The van der Waals surface area contributed by atoms with Gasteiger partial charge in [-0.2, -0.15) is 0 Å². The van der Waals surface area contributed by atoms with Crippen LogP contribution >= 0.6 is 7.60 Å². The molecule has 4 fully saturated rings. The number of nitrogens with zero attached hydrogens (tertiary/aromatic N) is 1. The van der Waals surface area contributed by atoms with Gasteiger partial charge in [-0.1, -0.05) is 71.1 Å². The van der Waals surface area contributed by atoms with E-state index in [9.17, 15) is 38.8 Å². The molecule has 17 atom stereocenters. The van der Waals surface area contributed by atoms with Crippen LogP contribution in [0.5, 0.6) is 0 Å². The summed E-state index contributed by atoms with van der Waals surface area (Å²) in [6, 6.07) is -1.16. The van der Waals surface area contributed by atoms with Crippen molar-refractivity contribution >= 4 is 36.8 Å². The van der Waals surface area contributed by atoms with Crippen molar-refractivity contribution in [1.82, 2.24) is 4.90 Å². The van der Waals surface area contributed by atoms with E-state index in [1.165, 1.54) is 18.7 Å². The molecule has 2 N–H and O–H groups in total. The van der Waals surface area contributed by atoms with E-state index in [2.05, 4.69) is 0 Å². The van der Waals surface area contributed by atoms with E-state index in [-0.39, 0.29) is 36.4 Å². The molecular weight excluding hydrogens is 934 g/mol. The highest BCUT2D eigenvalue weighted by molar-refractivity contribution is 7.53. The molecule has 400 valence electrons. The number of aliphatic hydroxyl groups excluding tert-OH is 1. The molecule has 0 aromatic carbocycles. The van der Waals surface area contributed by atoms with Gasteiger partial charge in [0.2, 0.25) is 5.79 Å². The van der Waals surface area contributed by atoms with Crippen molar-refractivity contribution in [2.75, 3.05) is 41.1 Å². The molecule has 16 nitrogen and oxygen atoms in total. The monoisotopic (exact) mass is 1020 g/mol. The number of carbonyl (C=O) groups excluding carboxylic acids is 5. The van der Waals surface area contributed by atoms with Crippen LogP contribution in [0.25, 0.3) is 0 Å². The summed E-state index contributed by atoms with van der Waals surface area (Å²) in [6.07, 6.45) is 11.1. The fourth-order valence-corrected chi connectivity index (χ4v) is 12.9. The highest BCUT2D eigenvalue weighted by Crippen LogP contribution is 2.50. The zero-order chi connectivity index (χ0) is 52.4. The van der Waals surface area contributed by atoms with Crippen molar-refractivity contribution in [2.45, 2.75) is 180 Å². The fourth-order valence-electron chi connectivity index (χ4n) is 11.6. The van der Waals surface area contributed by atoms with Gasteiger partial charge in [-0.15, -0.1) is 0 Å². The van der Waals surface area contributed by atoms with Crippen LogP contribution in [-0.2, 0) is 61.3 Å². The lowest BCUT2D eigenvalue weighted by molar-refractivity contribution is -0.266. The quantitative estimate of drug-likeness (QED) is 0.0931. The molecule has 5 aliphatic rings. The molecule has 0 radical (unpaired) electrons. The Hall–Kier alpha value is -3.18. The third-order valence-electron chi connectivity index (χ3n) is 15.7. The third kappa shape index (κ3) is 14.8. The van der Waals surface area contributed by atoms with Gasteiger partial charge in [0.25, 0.3) is 11.7 Å². The van der Waals surface area contributed by atoms with E-state index in [0.717, 1.165) is 5.57 Å². The number of Topliss-reactive ketones (excluding diaryl/α,β-unsaturated/α-hetero) is 3. The standard InChI is InChI=1S/C54H84NO15P/c1-12-25-67-71(11,63)70-43-23-21-38(29-46(43)65-9)28-41-40-19-16-24-55-47(40)53(61)68-45(41)31-42(56)34(4)27-36(6)49(58)50(66-10)48(57)35(5)26-32(2)17-14-13-15-18-33(3)44(64-8)30-39-22-20-37(7)54(62,69-39)51(59)52(55)60/h13-15,17-18,27,32,34-35,37-41,43-47,49-50,58,62H,12,16,19-26,28-31H2,1-11H3/b15-13+,17-14+,33-18+,36-27+/t32-,34-,35?,37?,38?,39+,40?,41+,43-,44+,45+,46?,47?,49?,50+,54?,71?/m1/s1. The van der Waals surface area contributed by atoms with Crippen LogP contribution in [0.3, 0.4) is 0 Å². The number of allylic oxidation sites excluding steroid dienone is 6. The van der Waals surface area contributed by atoms with Gasteiger partial charge < -0.3 is 47.8 Å². The number of methoxy groups -OCH3 is 3. The maximum atomic E-state index is 14.6. The number of carbonyl (C=O) groups is 5. The van der Waals surface area contributed by atoms with Gasteiger partial charge in [-0.05, 0) is 107 Å². The molecule has 3 saturated heterocycles. The first-order valence-electron chi connectivity index (χ1n) is 26.0. The molecule has 4 aliphatic heterocycles. The second-order valence-electron chi connectivity index (χ2n) is 21.2. The molecule has 0 aromatic heterocycles. The minimum absolute atomic E-state index is 0.0103. The Morgan fingerprint density at radius 3 is 2.28 bits per heavy atom. The predicted octanol–water partition coefficient (Wildman–Crippen LogP) is 7.67. The number of esters is 1. The van der Waals surface area contributed by atoms with Gasteiger partial charge in [-0.25, -0.2) is 4.79 Å². The minimum atomic E-state index is -3.37. The number of ketones is 3. The van der Waals surface area contributed by atoms with Gasteiger partial charge >= 0.3 is 13.6 Å². The third-order valence-corrected chi connectivity index (χ3v) is 17.1. The summed E-state index contributed by atoms with van der Waals surface area (Å²) in [4.78, 5) is 72.8. The molecule has 9 unspecified atom stereocenters. The summed E-state index contributed by atoms with van der Waals surface area (Å²) < 4.78 is 54.7. The smallest absolute Gasteiger partial charge is 0.329 e. The largest absolute Gasteiger partial charge is 0.460 e. The maximum Gasteiger partial charge on any atom is 0.329 e. The fraction of sp³-hybridized carbons (Fsp3) is 0.759. The van der Waals surface area contributed by atoms with Crippen LogP contribution in [0.1, 0.15) is 126 Å². The van der Waals surface area contributed by atoms with Crippen molar-refractivity contribution < 1.29 is 71.5 Å². The maximum absolute atomic E-state index is 14.6. The Balaban J connectivity index is 1.50. The summed E-state index contributed by atoms with van der Waals surface area (Å²) >= 11 is 0. The van der Waals surface area contributed by atoms with Gasteiger partial charge in [0.05, 0.1) is 31.0 Å². The Bertz CT molecular complexity index is 2030. The average molecular weight is 1020 g/mol. The van der Waals surface area contributed by atoms with Crippen molar-refractivity contribution in [1.29, 1.82) is 0 Å². The van der Waals surface area contributed by atoms with Gasteiger partial charge in [0.15, 0.2) is 5.78 Å². The number of aliphatic hydroxyl groups is 2. The second kappa shape index (κ2) is 26.3. The molecule has 1 aliphatic carbocycles. The van der Waals surface area contributed by atoms with E-state index in [1.54, 1.807) is 41.1 Å². The Morgan fingerprint density at radius 2 is 1.61 bits per heavy atom. The molecule has 1 saturated carbocycles. The minimum Gasteiger partial charge on any atom is -0.460 e. The highest BCUT2D eigenvalue weighted by atomic mass is 31.2. The average Bonchev–Trinajstić information content (AvgIpc) is 3.33. The molecular formula is C54H84NO15P. The number of hydrogen-bond acceptors (Lipinski definition) is 15. The molecule has 4 heterocycles. The number of ether oxygens (including phenoxy) is 5. The molecule has 4 bridgehead atoms. The van der Waals surface area contributed by atoms with Gasteiger partial charge in [-0.3, -0.25) is 23.7 Å². The summed E-state index contributed by atoms with van der Waals surface area (Å²) in [5.74, 6) is -8.79. The lowest BCUT2D eigenvalue weighted by atomic mass is 9.68. The Kier molecular flexibility index (Phi) is 21.8. The van der Waals surface area contributed by atoms with Crippen LogP contribution in [0.15, 0.2) is 47.6 Å². The van der Waals surface area contributed by atoms with E-state index >= 15 is 0 Å². The van der Waals surface area contributed by atoms with E-state index in [1.807, 2.05) is 58.1 Å². The molecule has 5 rings (SSSR count). The van der Waals surface area contributed by atoms with E-state index < -0.39 is 109 Å². The van der Waals surface area contributed by atoms with Gasteiger partial charge in [0, 0.05) is 71.1 Å². The predicted molar refractivity (Wildman–Crippen MR) is 267 cm³/mol. The first-order valence-corrected chi connectivity index (χ1v) is 28.0. The van der Waals surface area contributed by atoms with Crippen LogP contribution in [0, 0.1) is 41.4 Å². The summed E-state index contributed by atoms with van der Waals surface area (Å²) in [5.41, 5.74) is 1.25. The van der Waals surface area contributed by atoms with E-state index in [0.29, 0.717) is 82.8 Å². The first kappa shape index (κ1) is 58.7. The van der Waals surface area contributed by atoms with Gasteiger partial charge in [0.1, 0.15) is 30.1 Å². The SMILES string of the molecule is CCCOP(C)(=O)O[C@@H]1CCC(C[C@H]2C3CCCN4C(=O)C(=O)C5(O)O[C@@H](CCC5C)C[C@H](OC)/C(C)=C/C=C/C=C/[C@@H](C)CC(C)C(=O)[C@H](OC)C(O)/C(C)=C/[C@@H](C)C(=O)C[C@@H]2OC(=O)C34)CC1OC. The zero-order valence-electron chi connectivity index (χ0n) is 44.1. The molecule has 0 spiro atoms. The second-order valence-corrected chi connectivity index (χ2v) is 23.2. The molecule has 17 heteroatoms. The number of hydrogen-bond donors (Lipinski definition) is 2. The summed E-state index contributed by atoms with van der Waals surface area (Å²) in [5, 5.41) is 23.6. The zero-order valence-corrected chi connectivity index (χ0v) is 45.0.